The summed E-state index contributed by atoms with van der Waals surface area (Å²) in [4.78, 5) is 10.3. The van der Waals surface area contributed by atoms with E-state index in [2.05, 4.69) is 0 Å². The van der Waals surface area contributed by atoms with Gasteiger partial charge in [-0.15, -0.1) is 0 Å². The zero-order chi connectivity index (χ0) is 14.7. The summed E-state index contributed by atoms with van der Waals surface area (Å²) in [5.74, 6) is -0.199. The van der Waals surface area contributed by atoms with Gasteiger partial charge >= 0.3 is 5.69 Å². The topological polar surface area (TPSA) is 108 Å². The van der Waals surface area contributed by atoms with Crippen molar-refractivity contribution in [2.45, 2.75) is 18.9 Å². The van der Waals surface area contributed by atoms with Crippen LogP contribution in [0.5, 0.6) is 11.5 Å². The van der Waals surface area contributed by atoms with Crippen LogP contribution < -0.4 is 10.5 Å². The number of nitrogens with two attached hydrogens (primary N) is 1. The van der Waals surface area contributed by atoms with Gasteiger partial charge in [0.25, 0.3) is 0 Å². The molecule has 0 aromatic heterocycles. The average Bonchev–Trinajstić information content (AvgIpc) is 2.47. The van der Waals surface area contributed by atoms with E-state index in [-0.39, 0.29) is 23.4 Å². The molecule has 0 amide bonds. The van der Waals surface area contributed by atoms with Gasteiger partial charge in [-0.2, -0.15) is 0 Å². The quantitative estimate of drug-likeness (QED) is 0.643. The van der Waals surface area contributed by atoms with Gasteiger partial charge in [-0.25, -0.2) is 0 Å². The molecule has 1 aromatic carbocycles. The molecule has 7 nitrogen and oxygen atoms in total. The van der Waals surface area contributed by atoms with Gasteiger partial charge < -0.3 is 20.3 Å². The van der Waals surface area contributed by atoms with Crippen molar-refractivity contribution in [3.8, 4) is 11.5 Å². The molecule has 0 radical (unpaired) electrons. The molecule has 1 aromatic rings. The van der Waals surface area contributed by atoms with E-state index >= 15 is 0 Å². The van der Waals surface area contributed by atoms with Crippen molar-refractivity contribution in [3.63, 3.8) is 0 Å². The number of nitro benzene ring substituents is 1. The molecule has 1 heterocycles. The van der Waals surface area contributed by atoms with Crippen LogP contribution in [0, 0.1) is 16.0 Å². The summed E-state index contributed by atoms with van der Waals surface area (Å²) in [6.07, 6.45) is 1.64. The number of benzene rings is 1. The fourth-order valence-electron chi connectivity index (χ4n) is 2.45. The summed E-state index contributed by atoms with van der Waals surface area (Å²) in [6, 6.07) is 2.53. The molecule has 0 bridgehead atoms. The highest BCUT2D eigenvalue weighted by Gasteiger charge is 2.27. The molecule has 0 unspecified atom stereocenters. The van der Waals surface area contributed by atoms with Crippen LogP contribution in [-0.4, -0.2) is 30.4 Å². The van der Waals surface area contributed by atoms with Crippen LogP contribution in [0.3, 0.4) is 0 Å². The van der Waals surface area contributed by atoms with E-state index in [1.54, 1.807) is 6.07 Å². The summed E-state index contributed by atoms with van der Waals surface area (Å²) in [6.45, 7) is 1.30. The Balaban J connectivity index is 2.35. The maximum absolute atomic E-state index is 11.0. The minimum absolute atomic E-state index is 0.0664. The van der Waals surface area contributed by atoms with Crippen molar-refractivity contribution < 1.29 is 19.5 Å². The molecule has 2 rings (SSSR count). The molecule has 1 atom stereocenters. The van der Waals surface area contributed by atoms with Crippen LogP contribution in [0.25, 0.3) is 0 Å². The monoisotopic (exact) mass is 282 g/mol. The third-order valence-electron chi connectivity index (χ3n) is 3.65. The standard InChI is InChI=1S/C13H18N2O5/c1-19-11-7-9(6-10(13(11)16)15(17)18)12(14)8-2-4-20-5-3-8/h6-8,12,16H,2-5,14H2,1H3/t12-/m1/s1. The first-order valence-electron chi connectivity index (χ1n) is 6.43. The predicted octanol–water partition coefficient (Wildman–Crippen LogP) is 1.74. The molecular formula is C13H18N2O5. The van der Waals surface area contributed by atoms with E-state index in [0.717, 1.165) is 12.8 Å². The average molecular weight is 282 g/mol. The van der Waals surface area contributed by atoms with Gasteiger partial charge in [0.05, 0.1) is 12.0 Å². The Morgan fingerprint density at radius 1 is 1.50 bits per heavy atom. The maximum Gasteiger partial charge on any atom is 0.314 e. The second-order valence-corrected chi connectivity index (χ2v) is 4.82. The Morgan fingerprint density at radius 3 is 2.70 bits per heavy atom. The number of phenols is 1. The predicted molar refractivity (Wildman–Crippen MR) is 71.8 cm³/mol. The van der Waals surface area contributed by atoms with Crippen molar-refractivity contribution in [2.24, 2.45) is 11.7 Å². The third-order valence-corrected chi connectivity index (χ3v) is 3.65. The summed E-state index contributed by atoms with van der Waals surface area (Å²) >= 11 is 0. The molecule has 0 aliphatic carbocycles. The number of methoxy groups -OCH3 is 1. The minimum Gasteiger partial charge on any atom is -0.500 e. The number of aromatic hydroxyl groups is 1. The highest BCUT2D eigenvalue weighted by Crippen LogP contribution is 2.40. The molecule has 1 aliphatic heterocycles. The van der Waals surface area contributed by atoms with Crippen LogP contribution in [0.2, 0.25) is 0 Å². The van der Waals surface area contributed by atoms with Crippen molar-refractivity contribution in [1.82, 2.24) is 0 Å². The first-order valence-corrected chi connectivity index (χ1v) is 6.43. The second kappa shape index (κ2) is 6.06. The summed E-state index contributed by atoms with van der Waals surface area (Å²) in [5.41, 5.74) is 6.41. The number of nitro groups is 1. The smallest absolute Gasteiger partial charge is 0.314 e. The summed E-state index contributed by atoms with van der Waals surface area (Å²) < 4.78 is 10.3. The first-order chi connectivity index (χ1) is 9.54. The fourth-order valence-corrected chi connectivity index (χ4v) is 2.45. The highest BCUT2D eigenvalue weighted by atomic mass is 16.6. The SMILES string of the molecule is COc1cc([C@H](N)C2CCOCC2)cc([N+](=O)[O-])c1O. The lowest BCUT2D eigenvalue weighted by atomic mass is 9.87. The van der Waals surface area contributed by atoms with E-state index in [1.807, 2.05) is 0 Å². The molecule has 0 saturated carbocycles. The van der Waals surface area contributed by atoms with E-state index < -0.39 is 10.7 Å². The van der Waals surface area contributed by atoms with E-state index in [9.17, 15) is 15.2 Å². The van der Waals surface area contributed by atoms with Gasteiger partial charge in [-0.1, -0.05) is 0 Å². The minimum atomic E-state index is -0.641. The second-order valence-electron chi connectivity index (χ2n) is 4.82. The van der Waals surface area contributed by atoms with Crippen LogP contribution >= 0.6 is 0 Å². The van der Waals surface area contributed by atoms with Gasteiger partial charge in [-0.3, -0.25) is 10.1 Å². The Labute approximate surface area is 116 Å². The van der Waals surface area contributed by atoms with E-state index in [1.165, 1.54) is 13.2 Å². The molecule has 3 N–H and O–H groups in total. The Hall–Kier alpha value is -1.86. The summed E-state index contributed by atoms with van der Waals surface area (Å²) in [5, 5.41) is 20.7. The lowest BCUT2D eigenvalue weighted by Crippen LogP contribution is -2.27. The molecule has 1 saturated heterocycles. The zero-order valence-electron chi connectivity index (χ0n) is 11.2. The molecule has 0 spiro atoms. The van der Waals surface area contributed by atoms with Gasteiger partial charge in [0.2, 0.25) is 5.75 Å². The van der Waals surface area contributed by atoms with Gasteiger partial charge in [-0.05, 0) is 30.4 Å². The van der Waals surface area contributed by atoms with Gasteiger partial charge in [0.15, 0.2) is 5.75 Å². The largest absolute Gasteiger partial charge is 0.500 e. The maximum atomic E-state index is 11.0. The van der Waals surface area contributed by atoms with Gasteiger partial charge in [0.1, 0.15) is 0 Å². The van der Waals surface area contributed by atoms with Crippen LogP contribution in [0.1, 0.15) is 24.4 Å². The number of ether oxygens (including phenoxy) is 2. The Bertz CT molecular complexity index is 500. The molecule has 7 heteroatoms. The number of hydrogen-bond acceptors (Lipinski definition) is 6. The molecular weight excluding hydrogens is 264 g/mol. The third kappa shape index (κ3) is 2.83. The number of hydrogen-bond donors (Lipinski definition) is 2. The lowest BCUT2D eigenvalue weighted by molar-refractivity contribution is -0.386. The Morgan fingerprint density at radius 2 is 2.15 bits per heavy atom. The Kier molecular flexibility index (Phi) is 4.41. The molecule has 20 heavy (non-hydrogen) atoms. The first kappa shape index (κ1) is 14.5. The van der Waals surface area contributed by atoms with Crippen molar-refractivity contribution in [2.75, 3.05) is 20.3 Å². The van der Waals surface area contributed by atoms with Crippen LogP contribution in [0.15, 0.2) is 12.1 Å². The molecule has 1 fully saturated rings. The van der Waals surface area contributed by atoms with Crippen molar-refractivity contribution in [1.29, 1.82) is 0 Å². The number of phenolic OH excluding ortho intramolecular Hbond substituents is 1. The number of rotatable bonds is 4. The number of nitrogens with zero attached hydrogens (tertiary/aromatic N) is 1. The van der Waals surface area contributed by atoms with Crippen molar-refractivity contribution >= 4 is 5.69 Å². The fraction of sp³-hybridized carbons (Fsp3) is 0.538. The van der Waals surface area contributed by atoms with Crippen LogP contribution in [-0.2, 0) is 4.74 Å². The zero-order valence-corrected chi connectivity index (χ0v) is 11.2. The van der Waals surface area contributed by atoms with Gasteiger partial charge in [0, 0.05) is 25.3 Å². The van der Waals surface area contributed by atoms with Crippen molar-refractivity contribution in [3.05, 3.63) is 27.8 Å². The molecule has 1 aliphatic rings. The van der Waals surface area contributed by atoms with Crippen LogP contribution in [0.4, 0.5) is 5.69 Å². The molecule has 110 valence electrons. The lowest BCUT2D eigenvalue weighted by Gasteiger charge is -2.28. The normalized spacial score (nSPS) is 17.7. The highest BCUT2D eigenvalue weighted by molar-refractivity contribution is 5.57. The van der Waals surface area contributed by atoms with E-state index in [4.69, 9.17) is 15.2 Å². The summed E-state index contributed by atoms with van der Waals surface area (Å²) in [7, 11) is 1.35. The van der Waals surface area contributed by atoms with E-state index in [0.29, 0.717) is 18.8 Å².